The summed E-state index contributed by atoms with van der Waals surface area (Å²) in [6.45, 7) is 2.64. The molecule has 2 aliphatic rings. The highest BCUT2D eigenvalue weighted by Crippen LogP contribution is 2.24. The van der Waals surface area contributed by atoms with Crippen molar-refractivity contribution >= 4 is 17.8 Å². The van der Waals surface area contributed by atoms with Crippen molar-refractivity contribution in [2.45, 2.75) is 25.8 Å². The van der Waals surface area contributed by atoms with E-state index in [9.17, 15) is 14.4 Å². The average molecular weight is 240 g/mol. The summed E-state index contributed by atoms with van der Waals surface area (Å²) in [6.07, 6.45) is 1.53. The number of amides is 2. The molecule has 6 nitrogen and oxygen atoms in total. The van der Waals surface area contributed by atoms with Crippen LogP contribution in [0.4, 0.5) is 0 Å². The smallest absolute Gasteiger partial charge is 0.310 e. The van der Waals surface area contributed by atoms with Gasteiger partial charge in [-0.2, -0.15) is 0 Å². The molecule has 1 atom stereocenters. The van der Waals surface area contributed by atoms with E-state index in [0.29, 0.717) is 13.0 Å². The monoisotopic (exact) mass is 240 g/mol. The zero-order valence-corrected chi connectivity index (χ0v) is 9.76. The predicted octanol–water partition coefficient (Wildman–Crippen LogP) is -0.460. The summed E-state index contributed by atoms with van der Waals surface area (Å²) in [5, 5.41) is 8.74. The molecule has 0 aliphatic carbocycles. The fourth-order valence-electron chi connectivity index (χ4n) is 2.43. The molecular weight excluding hydrogens is 224 g/mol. The molecule has 2 saturated heterocycles. The number of carboxylic acid groups (broad SMARTS) is 1. The van der Waals surface area contributed by atoms with Gasteiger partial charge in [0.05, 0.1) is 5.92 Å². The fraction of sp³-hybridized carbons (Fsp3) is 0.727. The van der Waals surface area contributed by atoms with Gasteiger partial charge in [-0.1, -0.05) is 0 Å². The molecule has 6 heteroatoms. The number of nitrogens with zero attached hydrogens (tertiary/aromatic N) is 2. The third kappa shape index (κ3) is 2.11. The van der Waals surface area contributed by atoms with Gasteiger partial charge in [-0.15, -0.1) is 0 Å². The van der Waals surface area contributed by atoms with Crippen LogP contribution >= 0.6 is 0 Å². The Hall–Kier alpha value is -1.59. The highest BCUT2D eigenvalue weighted by atomic mass is 16.4. The highest BCUT2D eigenvalue weighted by Gasteiger charge is 2.41. The van der Waals surface area contributed by atoms with Crippen LogP contribution in [0.2, 0.25) is 0 Å². The maximum atomic E-state index is 12.0. The normalized spacial score (nSPS) is 24.6. The Kier molecular flexibility index (Phi) is 3.04. The predicted molar refractivity (Wildman–Crippen MR) is 58.1 cm³/mol. The highest BCUT2D eigenvalue weighted by molar-refractivity contribution is 5.89. The van der Waals surface area contributed by atoms with Gasteiger partial charge < -0.3 is 14.9 Å². The molecule has 2 heterocycles. The van der Waals surface area contributed by atoms with Crippen molar-refractivity contribution in [2.24, 2.45) is 5.92 Å². The van der Waals surface area contributed by atoms with Gasteiger partial charge in [0.25, 0.3) is 0 Å². The zero-order valence-electron chi connectivity index (χ0n) is 9.76. The quantitative estimate of drug-likeness (QED) is 0.708. The number of carboxylic acids is 1. The maximum Gasteiger partial charge on any atom is 0.310 e. The first-order valence-corrected chi connectivity index (χ1v) is 5.79. The Morgan fingerprint density at radius 3 is 2.41 bits per heavy atom. The zero-order chi connectivity index (χ0) is 12.6. The van der Waals surface area contributed by atoms with Crippen molar-refractivity contribution in [3.05, 3.63) is 0 Å². The molecule has 0 aromatic rings. The molecule has 2 fully saturated rings. The summed E-state index contributed by atoms with van der Waals surface area (Å²) in [5.74, 6) is -1.48. The second kappa shape index (κ2) is 4.35. The minimum atomic E-state index is -0.858. The molecule has 2 amide bonds. The largest absolute Gasteiger partial charge is 0.481 e. The number of aliphatic carboxylic acids is 1. The van der Waals surface area contributed by atoms with E-state index in [2.05, 4.69) is 0 Å². The summed E-state index contributed by atoms with van der Waals surface area (Å²) < 4.78 is 0. The molecule has 2 rings (SSSR count). The van der Waals surface area contributed by atoms with Gasteiger partial charge in [0.15, 0.2) is 0 Å². The van der Waals surface area contributed by atoms with Crippen LogP contribution in [0.3, 0.4) is 0 Å². The number of rotatable bonds is 2. The molecule has 94 valence electrons. The Morgan fingerprint density at radius 1 is 1.24 bits per heavy atom. The maximum absolute atomic E-state index is 12.0. The van der Waals surface area contributed by atoms with Gasteiger partial charge in [0.2, 0.25) is 11.8 Å². The third-order valence-corrected chi connectivity index (χ3v) is 3.48. The topological polar surface area (TPSA) is 77.9 Å². The van der Waals surface area contributed by atoms with E-state index < -0.39 is 11.9 Å². The minimum Gasteiger partial charge on any atom is -0.481 e. The fourth-order valence-corrected chi connectivity index (χ4v) is 2.43. The standard InChI is InChI=1S/C11H16N2O4/c1-7(14)13-4-2-3-9(13)10(15)12-5-8(6-12)11(16)17/h8-9H,2-6H2,1H3,(H,16,17)/t9-/m1/s1. The van der Waals surface area contributed by atoms with Crippen LogP contribution < -0.4 is 0 Å². The van der Waals surface area contributed by atoms with Crippen LogP contribution in [-0.2, 0) is 14.4 Å². The molecule has 17 heavy (non-hydrogen) atoms. The van der Waals surface area contributed by atoms with Gasteiger partial charge in [-0.3, -0.25) is 14.4 Å². The lowest BCUT2D eigenvalue weighted by molar-refractivity contribution is -0.156. The molecule has 0 unspecified atom stereocenters. The lowest BCUT2D eigenvalue weighted by Crippen LogP contribution is -2.58. The molecular formula is C11H16N2O4. The second-order valence-electron chi connectivity index (χ2n) is 4.65. The molecule has 2 aliphatic heterocycles. The van der Waals surface area contributed by atoms with E-state index in [1.807, 2.05) is 0 Å². The van der Waals surface area contributed by atoms with Crippen LogP contribution in [0.15, 0.2) is 0 Å². The Balaban J connectivity index is 1.93. The van der Waals surface area contributed by atoms with Gasteiger partial charge in [0, 0.05) is 26.6 Å². The number of hydrogen-bond donors (Lipinski definition) is 1. The molecule has 0 spiro atoms. The number of carbonyl (C=O) groups excluding carboxylic acids is 2. The van der Waals surface area contributed by atoms with Crippen molar-refractivity contribution in [3.63, 3.8) is 0 Å². The van der Waals surface area contributed by atoms with E-state index in [1.54, 1.807) is 4.90 Å². The second-order valence-corrected chi connectivity index (χ2v) is 4.65. The lowest BCUT2D eigenvalue weighted by Gasteiger charge is -2.39. The third-order valence-electron chi connectivity index (χ3n) is 3.48. The van der Waals surface area contributed by atoms with Crippen molar-refractivity contribution < 1.29 is 19.5 Å². The SMILES string of the molecule is CC(=O)N1CCC[C@@H]1C(=O)N1CC(C(=O)O)C1. The molecule has 0 aromatic heterocycles. The first kappa shape index (κ1) is 11.9. The first-order chi connectivity index (χ1) is 8.00. The molecule has 0 radical (unpaired) electrons. The number of carbonyl (C=O) groups is 3. The molecule has 1 N–H and O–H groups in total. The summed E-state index contributed by atoms with van der Waals surface area (Å²) >= 11 is 0. The average Bonchev–Trinajstić information content (AvgIpc) is 2.62. The summed E-state index contributed by atoms with van der Waals surface area (Å²) in [5.41, 5.74) is 0. The Bertz CT molecular complexity index is 362. The van der Waals surface area contributed by atoms with Crippen molar-refractivity contribution in [1.29, 1.82) is 0 Å². The van der Waals surface area contributed by atoms with Crippen LogP contribution in [0.1, 0.15) is 19.8 Å². The van der Waals surface area contributed by atoms with Gasteiger partial charge in [-0.05, 0) is 12.8 Å². The molecule has 0 saturated carbocycles. The van der Waals surface area contributed by atoms with E-state index in [4.69, 9.17) is 5.11 Å². The van der Waals surface area contributed by atoms with E-state index in [1.165, 1.54) is 11.8 Å². The van der Waals surface area contributed by atoms with Crippen molar-refractivity contribution in [1.82, 2.24) is 9.80 Å². The van der Waals surface area contributed by atoms with E-state index >= 15 is 0 Å². The van der Waals surface area contributed by atoms with E-state index in [-0.39, 0.29) is 30.9 Å². The summed E-state index contributed by atoms with van der Waals surface area (Å²) in [6, 6.07) is -0.373. The lowest BCUT2D eigenvalue weighted by atomic mass is 9.99. The van der Waals surface area contributed by atoms with Gasteiger partial charge in [-0.25, -0.2) is 0 Å². The first-order valence-electron chi connectivity index (χ1n) is 5.79. The number of hydrogen-bond acceptors (Lipinski definition) is 3. The van der Waals surface area contributed by atoms with Crippen molar-refractivity contribution in [2.75, 3.05) is 19.6 Å². The van der Waals surface area contributed by atoms with Crippen LogP contribution in [0.5, 0.6) is 0 Å². The van der Waals surface area contributed by atoms with Crippen LogP contribution in [0, 0.1) is 5.92 Å². The summed E-state index contributed by atoms with van der Waals surface area (Å²) in [7, 11) is 0. The van der Waals surface area contributed by atoms with E-state index in [0.717, 1.165) is 6.42 Å². The van der Waals surface area contributed by atoms with Gasteiger partial charge in [0.1, 0.15) is 6.04 Å². The van der Waals surface area contributed by atoms with Crippen LogP contribution in [0.25, 0.3) is 0 Å². The molecule has 0 bridgehead atoms. The van der Waals surface area contributed by atoms with Crippen LogP contribution in [-0.4, -0.2) is 58.4 Å². The minimum absolute atomic E-state index is 0.0869. The number of likely N-dealkylation sites (tertiary alicyclic amines) is 2. The summed E-state index contributed by atoms with van der Waals surface area (Å²) in [4.78, 5) is 37.1. The Labute approximate surface area is 99.2 Å². The van der Waals surface area contributed by atoms with Gasteiger partial charge >= 0.3 is 5.97 Å². The molecule has 0 aromatic carbocycles. The Morgan fingerprint density at radius 2 is 1.88 bits per heavy atom. The van der Waals surface area contributed by atoms with Crippen molar-refractivity contribution in [3.8, 4) is 0 Å².